The standard InChI is InChI=1S/C9H12O6/c10-7(11)3-1-2-5-9(14,15)6-4-8(12)13/h1,3-4,6,14-15H,2,5H2,(H,10,11)(H,12,13). The molecule has 84 valence electrons. The van der Waals surface area contributed by atoms with E-state index in [2.05, 4.69) is 0 Å². The molecule has 6 nitrogen and oxygen atoms in total. The molecule has 4 N–H and O–H groups in total. The van der Waals surface area contributed by atoms with Crippen molar-refractivity contribution in [1.29, 1.82) is 0 Å². The molecule has 15 heavy (non-hydrogen) atoms. The van der Waals surface area contributed by atoms with Gasteiger partial charge < -0.3 is 20.4 Å². The topological polar surface area (TPSA) is 115 Å². The molecule has 0 heterocycles. The van der Waals surface area contributed by atoms with Crippen LogP contribution in [0.2, 0.25) is 0 Å². The molecular formula is C9H12O6. The van der Waals surface area contributed by atoms with Gasteiger partial charge in [-0.2, -0.15) is 0 Å². The molecule has 0 aliphatic carbocycles. The summed E-state index contributed by atoms with van der Waals surface area (Å²) in [6, 6.07) is 0. The first-order chi connectivity index (χ1) is 6.83. The van der Waals surface area contributed by atoms with E-state index in [1.165, 1.54) is 6.08 Å². The molecule has 0 aromatic rings. The molecule has 0 aliphatic rings. The molecular weight excluding hydrogens is 204 g/mol. The van der Waals surface area contributed by atoms with Gasteiger partial charge in [0.05, 0.1) is 0 Å². The van der Waals surface area contributed by atoms with Crippen molar-refractivity contribution in [2.45, 2.75) is 18.6 Å². The number of allylic oxidation sites excluding steroid dienone is 1. The molecule has 0 aromatic heterocycles. The van der Waals surface area contributed by atoms with Gasteiger partial charge in [-0.3, -0.25) is 0 Å². The van der Waals surface area contributed by atoms with Gasteiger partial charge in [0.1, 0.15) is 0 Å². The van der Waals surface area contributed by atoms with Gasteiger partial charge in [0.15, 0.2) is 5.79 Å². The smallest absolute Gasteiger partial charge is 0.328 e. The van der Waals surface area contributed by atoms with E-state index < -0.39 is 17.7 Å². The van der Waals surface area contributed by atoms with E-state index in [0.29, 0.717) is 6.08 Å². The molecule has 0 radical (unpaired) electrons. The van der Waals surface area contributed by atoms with Gasteiger partial charge in [0.25, 0.3) is 0 Å². The van der Waals surface area contributed by atoms with E-state index in [4.69, 9.17) is 20.4 Å². The maximum absolute atomic E-state index is 10.1. The monoisotopic (exact) mass is 216 g/mol. The summed E-state index contributed by atoms with van der Waals surface area (Å²) in [7, 11) is 0. The number of carboxylic acids is 2. The minimum Gasteiger partial charge on any atom is -0.478 e. The molecule has 0 atom stereocenters. The molecule has 0 saturated heterocycles. The maximum Gasteiger partial charge on any atom is 0.328 e. The van der Waals surface area contributed by atoms with Crippen LogP contribution < -0.4 is 0 Å². The summed E-state index contributed by atoms with van der Waals surface area (Å²) in [5, 5.41) is 34.7. The normalized spacial score (nSPS) is 12.4. The molecule has 0 rings (SSSR count). The van der Waals surface area contributed by atoms with Gasteiger partial charge in [0, 0.05) is 18.6 Å². The molecule has 0 spiro atoms. The Bertz CT molecular complexity index is 289. The Morgan fingerprint density at radius 3 is 2.07 bits per heavy atom. The Labute approximate surface area is 85.8 Å². The average Bonchev–Trinajstić information content (AvgIpc) is 2.09. The number of aliphatic carboxylic acids is 2. The highest BCUT2D eigenvalue weighted by molar-refractivity contribution is 5.80. The van der Waals surface area contributed by atoms with E-state index in [1.807, 2.05) is 0 Å². The second-order valence-electron chi connectivity index (χ2n) is 2.83. The van der Waals surface area contributed by atoms with Crippen LogP contribution in [0, 0.1) is 0 Å². The lowest BCUT2D eigenvalue weighted by molar-refractivity contribution is -0.134. The molecule has 0 fully saturated rings. The summed E-state index contributed by atoms with van der Waals surface area (Å²) in [5.74, 6) is -4.65. The Morgan fingerprint density at radius 2 is 1.60 bits per heavy atom. The van der Waals surface area contributed by atoms with E-state index in [9.17, 15) is 9.59 Å². The highest BCUT2D eigenvalue weighted by Crippen LogP contribution is 2.11. The molecule has 0 aromatic carbocycles. The van der Waals surface area contributed by atoms with Crippen molar-refractivity contribution in [2.75, 3.05) is 0 Å². The van der Waals surface area contributed by atoms with Crippen molar-refractivity contribution in [2.24, 2.45) is 0 Å². The number of hydrogen-bond donors (Lipinski definition) is 4. The lowest BCUT2D eigenvalue weighted by Gasteiger charge is -2.15. The van der Waals surface area contributed by atoms with Crippen molar-refractivity contribution in [3.8, 4) is 0 Å². The highest BCUT2D eigenvalue weighted by atomic mass is 16.5. The van der Waals surface area contributed by atoms with E-state index in [1.54, 1.807) is 0 Å². The van der Waals surface area contributed by atoms with Crippen LogP contribution in [0.1, 0.15) is 12.8 Å². The van der Waals surface area contributed by atoms with Crippen LogP contribution in [0.4, 0.5) is 0 Å². The SMILES string of the molecule is O=C(O)C=CCCC(O)(O)C=CC(=O)O. The van der Waals surface area contributed by atoms with Crippen LogP contribution in [0.5, 0.6) is 0 Å². The van der Waals surface area contributed by atoms with E-state index in [0.717, 1.165) is 12.2 Å². The van der Waals surface area contributed by atoms with Crippen LogP contribution >= 0.6 is 0 Å². The van der Waals surface area contributed by atoms with Gasteiger partial charge >= 0.3 is 11.9 Å². The Hall–Kier alpha value is -1.66. The van der Waals surface area contributed by atoms with Crippen molar-refractivity contribution >= 4 is 11.9 Å². The number of rotatable bonds is 6. The van der Waals surface area contributed by atoms with E-state index >= 15 is 0 Å². The molecule has 0 amide bonds. The van der Waals surface area contributed by atoms with Crippen molar-refractivity contribution in [1.82, 2.24) is 0 Å². The zero-order valence-corrected chi connectivity index (χ0v) is 7.83. The zero-order chi connectivity index (χ0) is 11.9. The first-order valence-corrected chi connectivity index (χ1v) is 4.10. The van der Waals surface area contributed by atoms with Crippen LogP contribution in [0.25, 0.3) is 0 Å². The molecule has 0 saturated carbocycles. The largest absolute Gasteiger partial charge is 0.478 e. The summed E-state index contributed by atoms with van der Waals surface area (Å²) >= 11 is 0. The van der Waals surface area contributed by atoms with Gasteiger partial charge in [-0.05, 0) is 12.5 Å². The zero-order valence-electron chi connectivity index (χ0n) is 7.83. The number of carboxylic acid groups (broad SMARTS) is 2. The third kappa shape index (κ3) is 8.66. The summed E-state index contributed by atoms with van der Waals surface area (Å²) in [4.78, 5) is 20.1. The van der Waals surface area contributed by atoms with E-state index in [-0.39, 0.29) is 12.8 Å². The fraction of sp³-hybridized carbons (Fsp3) is 0.333. The Kier molecular flexibility index (Phi) is 5.29. The third-order valence-electron chi connectivity index (χ3n) is 1.43. The van der Waals surface area contributed by atoms with Gasteiger partial charge in [-0.1, -0.05) is 6.08 Å². The maximum atomic E-state index is 10.1. The summed E-state index contributed by atoms with van der Waals surface area (Å²) in [6.07, 6.45) is 3.39. The van der Waals surface area contributed by atoms with Crippen LogP contribution in [-0.2, 0) is 9.59 Å². The lowest BCUT2D eigenvalue weighted by Crippen LogP contribution is -2.24. The fourth-order valence-corrected chi connectivity index (χ4v) is 0.768. The molecule has 0 aliphatic heterocycles. The average molecular weight is 216 g/mol. The fourth-order valence-electron chi connectivity index (χ4n) is 0.768. The lowest BCUT2D eigenvalue weighted by atomic mass is 10.1. The quantitative estimate of drug-likeness (QED) is 0.359. The van der Waals surface area contributed by atoms with Gasteiger partial charge in [-0.15, -0.1) is 0 Å². The molecule has 6 heteroatoms. The van der Waals surface area contributed by atoms with Crippen molar-refractivity contribution < 1.29 is 30.0 Å². The number of hydrogen-bond acceptors (Lipinski definition) is 4. The van der Waals surface area contributed by atoms with Crippen molar-refractivity contribution in [3.63, 3.8) is 0 Å². The molecule has 0 bridgehead atoms. The summed E-state index contributed by atoms with van der Waals surface area (Å²) in [6.45, 7) is 0. The van der Waals surface area contributed by atoms with Crippen LogP contribution in [-0.4, -0.2) is 38.2 Å². The van der Waals surface area contributed by atoms with Gasteiger partial charge in [0.2, 0.25) is 0 Å². The number of carbonyl (C=O) groups is 2. The molecule has 0 unspecified atom stereocenters. The van der Waals surface area contributed by atoms with Crippen molar-refractivity contribution in [3.05, 3.63) is 24.3 Å². The number of aliphatic hydroxyl groups is 2. The minimum absolute atomic E-state index is 0.114. The first kappa shape index (κ1) is 13.3. The third-order valence-corrected chi connectivity index (χ3v) is 1.43. The highest BCUT2D eigenvalue weighted by Gasteiger charge is 2.17. The minimum atomic E-state index is -2.23. The predicted molar refractivity (Wildman–Crippen MR) is 50.0 cm³/mol. The Balaban J connectivity index is 4.04. The van der Waals surface area contributed by atoms with Crippen LogP contribution in [0.15, 0.2) is 24.3 Å². The first-order valence-electron chi connectivity index (χ1n) is 4.10. The van der Waals surface area contributed by atoms with Gasteiger partial charge in [-0.25, -0.2) is 9.59 Å². The second kappa shape index (κ2) is 5.94. The van der Waals surface area contributed by atoms with Crippen LogP contribution in [0.3, 0.4) is 0 Å². The summed E-state index contributed by atoms with van der Waals surface area (Å²) < 4.78 is 0. The second-order valence-corrected chi connectivity index (χ2v) is 2.83. The summed E-state index contributed by atoms with van der Waals surface area (Å²) in [5.41, 5.74) is 0. The Morgan fingerprint density at radius 1 is 1.07 bits per heavy atom. The predicted octanol–water partition coefficient (Wildman–Crippen LogP) is -0.271.